The molecular weight excluding hydrogens is 372 g/mol. The Kier molecular flexibility index (Phi) is 4.27. The van der Waals surface area contributed by atoms with Crippen LogP contribution in [-0.2, 0) is 0 Å². The molecule has 98 valence electrons. The molecule has 0 aliphatic rings. The Morgan fingerprint density at radius 2 is 1.89 bits per heavy atom. The van der Waals surface area contributed by atoms with E-state index in [0.29, 0.717) is 16.9 Å². The van der Waals surface area contributed by atoms with Gasteiger partial charge < -0.3 is 11.1 Å². The van der Waals surface area contributed by atoms with Crippen LogP contribution in [0.1, 0.15) is 15.9 Å². The molecule has 19 heavy (non-hydrogen) atoms. The molecule has 0 aliphatic heterocycles. The van der Waals surface area contributed by atoms with Crippen LogP contribution in [0.4, 0.5) is 11.4 Å². The standard InChI is InChI=1S/C14H12Br2N2O/c1-8-4-9(6-11(17)5-8)14(19)18-13-3-2-10(15)7-12(13)16/h2-7H,17H2,1H3,(H,18,19). The molecule has 1 amide bonds. The normalized spacial score (nSPS) is 10.3. The minimum Gasteiger partial charge on any atom is -0.399 e. The van der Waals surface area contributed by atoms with Crippen LogP contribution in [0.25, 0.3) is 0 Å². The van der Waals surface area contributed by atoms with Crippen LogP contribution in [0.3, 0.4) is 0 Å². The summed E-state index contributed by atoms with van der Waals surface area (Å²) >= 11 is 6.77. The van der Waals surface area contributed by atoms with Gasteiger partial charge in [0, 0.05) is 20.2 Å². The number of carbonyl (C=O) groups excluding carboxylic acids is 1. The molecule has 2 aromatic rings. The van der Waals surface area contributed by atoms with Crippen molar-refractivity contribution in [1.29, 1.82) is 0 Å². The molecule has 0 saturated carbocycles. The number of carbonyl (C=O) groups is 1. The van der Waals surface area contributed by atoms with E-state index in [9.17, 15) is 4.79 Å². The van der Waals surface area contributed by atoms with Crippen molar-refractivity contribution in [3.63, 3.8) is 0 Å². The summed E-state index contributed by atoms with van der Waals surface area (Å²) in [6, 6.07) is 10.9. The molecule has 3 nitrogen and oxygen atoms in total. The number of amides is 1. The number of anilines is 2. The first-order valence-corrected chi connectivity index (χ1v) is 7.18. The zero-order valence-electron chi connectivity index (χ0n) is 10.2. The summed E-state index contributed by atoms with van der Waals surface area (Å²) in [4.78, 5) is 12.2. The Hall–Kier alpha value is -1.33. The zero-order chi connectivity index (χ0) is 14.0. The highest BCUT2D eigenvalue weighted by atomic mass is 79.9. The van der Waals surface area contributed by atoms with E-state index in [-0.39, 0.29) is 5.91 Å². The lowest BCUT2D eigenvalue weighted by molar-refractivity contribution is 0.102. The average Bonchev–Trinajstić information content (AvgIpc) is 2.31. The topological polar surface area (TPSA) is 55.1 Å². The molecule has 0 spiro atoms. The number of nitrogens with two attached hydrogens (primary N) is 1. The molecule has 0 saturated heterocycles. The largest absolute Gasteiger partial charge is 0.399 e. The van der Waals surface area contributed by atoms with Crippen LogP contribution >= 0.6 is 31.9 Å². The van der Waals surface area contributed by atoms with Gasteiger partial charge in [0.05, 0.1) is 5.69 Å². The quantitative estimate of drug-likeness (QED) is 0.757. The molecule has 3 N–H and O–H groups in total. The smallest absolute Gasteiger partial charge is 0.255 e. The molecule has 0 atom stereocenters. The van der Waals surface area contributed by atoms with E-state index in [4.69, 9.17) is 5.73 Å². The van der Waals surface area contributed by atoms with Gasteiger partial charge in [-0.05, 0) is 64.8 Å². The average molecular weight is 384 g/mol. The Morgan fingerprint density at radius 1 is 1.16 bits per heavy atom. The Labute approximate surface area is 128 Å². The van der Waals surface area contributed by atoms with Crippen molar-refractivity contribution in [3.05, 3.63) is 56.5 Å². The summed E-state index contributed by atoms with van der Waals surface area (Å²) in [5.74, 6) is -0.182. The first-order chi connectivity index (χ1) is 8.95. The van der Waals surface area contributed by atoms with Gasteiger partial charge in [-0.25, -0.2) is 0 Å². The van der Waals surface area contributed by atoms with E-state index in [1.165, 1.54) is 0 Å². The van der Waals surface area contributed by atoms with Crippen LogP contribution < -0.4 is 11.1 Å². The highest BCUT2D eigenvalue weighted by molar-refractivity contribution is 9.11. The lowest BCUT2D eigenvalue weighted by atomic mass is 10.1. The van der Waals surface area contributed by atoms with Gasteiger partial charge in [-0.3, -0.25) is 4.79 Å². The first-order valence-electron chi connectivity index (χ1n) is 5.59. The van der Waals surface area contributed by atoms with Gasteiger partial charge in [-0.1, -0.05) is 15.9 Å². The van der Waals surface area contributed by atoms with Crippen LogP contribution in [0.2, 0.25) is 0 Å². The van der Waals surface area contributed by atoms with Crippen molar-refractivity contribution < 1.29 is 4.79 Å². The number of nitrogen functional groups attached to an aromatic ring is 1. The maximum atomic E-state index is 12.2. The fraction of sp³-hybridized carbons (Fsp3) is 0.0714. The summed E-state index contributed by atoms with van der Waals surface area (Å²) in [7, 11) is 0. The molecule has 2 aromatic carbocycles. The van der Waals surface area contributed by atoms with Crippen LogP contribution in [0.5, 0.6) is 0 Å². The van der Waals surface area contributed by atoms with E-state index in [2.05, 4.69) is 37.2 Å². The predicted molar refractivity (Wildman–Crippen MR) is 85.4 cm³/mol. The second-order valence-corrected chi connectivity index (χ2v) is 5.98. The summed E-state index contributed by atoms with van der Waals surface area (Å²) in [6.45, 7) is 1.91. The van der Waals surface area contributed by atoms with Crippen LogP contribution in [0, 0.1) is 6.92 Å². The van der Waals surface area contributed by atoms with Crippen molar-refractivity contribution in [1.82, 2.24) is 0 Å². The third-order valence-electron chi connectivity index (χ3n) is 2.54. The SMILES string of the molecule is Cc1cc(N)cc(C(=O)Nc2ccc(Br)cc2Br)c1. The third-order valence-corrected chi connectivity index (χ3v) is 3.69. The minimum atomic E-state index is -0.182. The van der Waals surface area contributed by atoms with Crippen molar-refractivity contribution >= 4 is 49.1 Å². The molecule has 5 heteroatoms. The second kappa shape index (κ2) is 5.75. The van der Waals surface area contributed by atoms with Crippen LogP contribution in [0.15, 0.2) is 45.3 Å². The molecule has 0 radical (unpaired) electrons. The number of benzene rings is 2. The molecular formula is C14H12Br2N2O. The maximum absolute atomic E-state index is 12.2. The number of hydrogen-bond donors (Lipinski definition) is 2. The fourth-order valence-corrected chi connectivity index (χ4v) is 2.88. The summed E-state index contributed by atoms with van der Waals surface area (Å²) < 4.78 is 1.76. The van der Waals surface area contributed by atoms with Gasteiger partial charge in [-0.15, -0.1) is 0 Å². The van der Waals surface area contributed by atoms with Gasteiger partial charge in [-0.2, -0.15) is 0 Å². The summed E-state index contributed by atoms with van der Waals surface area (Å²) in [5, 5.41) is 2.85. The van der Waals surface area contributed by atoms with Crippen molar-refractivity contribution in [2.24, 2.45) is 0 Å². The molecule has 0 unspecified atom stereocenters. The Bertz CT molecular complexity index is 621. The maximum Gasteiger partial charge on any atom is 0.255 e. The molecule has 2 rings (SSSR count). The monoisotopic (exact) mass is 382 g/mol. The number of hydrogen-bond acceptors (Lipinski definition) is 2. The highest BCUT2D eigenvalue weighted by Gasteiger charge is 2.09. The molecule has 0 heterocycles. The molecule has 0 bridgehead atoms. The van der Waals surface area contributed by atoms with Crippen LogP contribution in [-0.4, -0.2) is 5.91 Å². The predicted octanol–water partition coefficient (Wildman–Crippen LogP) is 4.35. The van der Waals surface area contributed by atoms with E-state index < -0.39 is 0 Å². The van der Waals surface area contributed by atoms with Gasteiger partial charge >= 0.3 is 0 Å². The Morgan fingerprint density at radius 3 is 2.53 bits per heavy atom. The molecule has 0 fully saturated rings. The fourth-order valence-electron chi connectivity index (χ4n) is 1.73. The van der Waals surface area contributed by atoms with Gasteiger partial charge in [0.1, 0.15) is 0 Å². The molecule has 0 aromatic heterocycles. The van der Waals surface area contributed by atoms with Crippen molar-refractivity contribution in [2.75, 3.05) is 11.1 Å². The zero-order valence-corrected chi connectivity index (χ0v) is 13.4. The first kappa shape index (κ1) is 14.1. The van der Waals surface area contributed by atoms with Gasteiger partial charge in [0.15, 0.2) is 0 Å². The van der Waals surface area contributed by atoms with E-state index in [1.54, 1.807) is 12.1 Å². The number of aryl methyl sites for hydroxylation is 1. The Balaban J connectivity index is 2.25. The number of nitrogens with one attached hydrogen (secondary N) is 1. The second-order valence-electron chi connectivity index (χ2n) is 4.21. The third kappa shape index (κ3) is 3.58. The van der Waals surface area contributed by atoms with Gasteiger partial charge in [0.25, 0.3) is 5.91 Å². The lowest BCUT2D eigenvalue weighted by Gasteiger charge is -2.09. The van der Waals surface area contributed by atoms with E-state index in [0.717, 1.165) is 14.5 Å². The molecule has 0 aliphatic carbocycles. The lowest BCUT2D eigenvalue weighted by Crippen LogP contribution is -2.12. The van der Waals surface area contributed by atoms with E-state index >= 15 is 0 Å². The van der Waals surface area contributed by atoms with Crippen molar-refractivity contribution in [3.8, 4) is 0 Å². The van der Waals surface area contributed by atoms with Gasteiger partial charge in [0.2, 0.25) is 0 Å². The summed E-state index contributed by atoms with van der Waals surface area (Å²) in [6.07, 6.45) is 0. The van der Waals surface area contributed by atoms with E-state index in [1.807, 2.05) is 31.2 Å². The minimum absolute atomic E-state index is 0.182. The summed E-state index contributed by atoms with van der Waals surface area (Å²) in [5.41, 5.74) is 8.55. The number of halogens is 2. The highest BCUT2D eigenvalue weighted by Crippen LogP contribution is 2.26. The number of rotatable bonds is 2. The van der Waals surface area contributed by atoms with Crippen molar-refractivity contribution in [2.45, 2.75) is 6.92 Å².